The third-order valence-corrected chi connectivity index (χ3v) is 3.72. The molecule has 0 saturated carbocycles. The Kier molecular flexibility index (Phi) is 7.53. The molecule has 0 aliphatic heterocycles. The molecule has 0 aliphatic rings. The summed E-state index contributed by atoms with van der Waals surface area (Å²) in [7, 11) is -2.06. The van der Waals surface area contributed by atoms with Gasteiger partial charge >= 0.3 is 0 Å². The fourth-order valence-electron chi connectivity index (χ4n) is 0.942. The Balaban J connectivity index is 3.98. The minimum absolute atomic E-state index is 0.0177. The molecule has 0 aliphatic carbocycles. The molecule has 0 fully saturated rings. The van der Waals surface area contributed by atoms with Crippen LogP contribution in [-0.2, 0) is 14.9 Å². The van der Waals surface area contributed by atoms with Crippen LogP contribution in [-0.4, -0.2) is 57.9 Å². The average Bonchev–Trinajstić information content (AvgIpc) is 2.16. The molecule has 0 amide bonds. The Morgan fingerprint density at radius 2 is 2.06 bits per heavy atom. The fraction of sp³-hybridized carbons (Fsp3) is 1.00. The highest BCUT2D eigenvalue weighted by Crippen LogP contribution is 2.09. The highest BCUT2D eigenvalue weighted by Gasteiger charge is 2.22. The third-order valence-electron chi connectivity index (χ3n) is 1.70. The molecule has 1 unspecified atom stereocenters. The number of thioether (sulfide) groups is 1. The molecule has 98 valence electrons. The molecular formula is C8H20N2O4S2. The van der Waals surface area contributed by atoms with Crippen molar-refractivity contribution in [2.45, 2.75) is 12.5 Å². The Morgan fingerprint density at radius 3 is 2.56 bits per heavy atom. The molecular weight excluding hydrogens is 252 g/mol. The van der Waals surface area contributed by atoms with E-state index in [4.69, 9.17) is 4.74 Å². The topological polar surface area (TPSA) is 87.7 Å². The van der Waals surface area contributed by atoms with Crippen LogP contribution in [0.15, 0.2) is 0 Å². The van der Waals surface area contributed by atoms with Crippen molar-refractivity contribution in [3.05, 3.63) is 0 Å². The van der Waals surface area contributed by atoms with E-state index in [0.29, 0.717) is 12.4 Å². The first kappa shape index (κ1) is 16.1. The van der Waals surface area contributed by atoms with Gasteiger partial charge in [0.05, 0.1) is 12.2 Å². The van der Waals surface area contributed by atoms with Crippen molar-refractivity contribution >= 4 is 22.0 Å². The van der Waals surface area contributed by atoms with Gasteiger partial charge in [-0.05, 0) is 13.2 Å². The minimum Gasteiger partial charge on any atom is -0.388 e. The summed E-state index contributed by atoms with van der Waals surface area (Å²) in [5, 5.41) is 9.75. The fourth-order valence-corrected chi connectivity index (χ4v) is 2.62. The first-order valence-electron chi connectivity index (χ1n) is 4.77. The Labute approximate surface area is 101 Å². The van der Waals surface area contributed by atoms with Gasteiger partial charge in [-0.1, -0.05) is 0 Å². The summed E-state index contributed by atoms with van der Waals surface area (Å²) in [5.74, 6) is 0.466. The average molecular weight is 272 g/mol. The van der Waals surface area contributed by atoms with Gasteiger partial charge < -0.3 is 9.84 Å². The second-order valence-corrected chi connectivity index (χ2v) is 6.09. The largest absolute Gasteiger partial charge is 0.388 e. The summed E-state index contributed by atoms with van der Waals surface area (Å²) in [5.41, 5.74) is -1.05. The van der Waals surface area contributed by atoms with E-state index < -0.39 is 15.8 Å². The van der Waals surface area contributed by atoms with E-state index in [1.807, 2.05) is 6.26 Å². The molecule has 0 radical (unpaired) electrons. The molecule has 0 bridgehead atoms. The Morgan fingerprint density at radius 1 is 1.44 bits per heavy atom. The summed E-state index contributed by atoms with van der Waals surface area (Å²) >= 11 is 1.46. The van der Waals surface area contributed by atoms with Crippen LogP contribution in [0.2, 0.25) is 0 Å². The zero-order chi connectivity index (χ0) is 12.7. The standard InChI is InChI=1S/C8H20N2O4S2/c1-8(11,7-15-3)6-10-16(12,13)9-4-5-14-2/h9-11H,4-7H2,1-3H3. The SMILES string of the molecule is COCCNS(=O)(=O)NCC(C)(O)CSC. The van der Waals surface area contributed by atoms with Crippen LogP contribution in [0.3, 0.4) is 0 Å². The van der Waals surface area contributed by atoms with Crippen molar-refractivity contribution in [2.75, 3.05) is 38.8 Å². The maximum Gasteiger partial charge on any atom is 0.277 e. The first-order valence-corrected chi connectivity index (χ1v) is 7.65. The van der Waals surface area contributed by atoms with Gasteiger partial charge in [0.1, 0.15) is 0 Å². The van der Waals surface area contributed by atoms with Crippen molar-refractivity contribution in [1.29, 1.82) is 0 Å². The highest BCUT2D eigenvalue weighted by molar-refractivity contribution is 7.98. The van der Waals surface area contributed by atoms with Crippen molar-refractivity contribution < 1.29 is 18.3 Å². The molecule has 1 atom stereocenters. The molecule has 0 aromatic carbocycles. The molecule has 3 N–H and O–H groups in total. The smallest absolute Gasteiger partial charge is 0.277 e. The minimum atomic E-state index is -3.55. The summed E-state index contributed by atoms with van der Waals surface area (Å²) < 4.78 is 32.0. The molecule has 0 saturated heterocycles. The summed E-state index contributed by atoms with van der Waals surface area (Å²) in [4.78, 5) is 0. The van der Waals surface area contributed by atoms with E-state index in [1.165, 1.54) is 18.9 Å². The van der Waals surface area contributed by atoms with Crippen LogP contribution >= 0.6 is 11.8 Å². The van der Waals surface area contributed by atoms with Gasteiger partial charge in [0, 0.05) is 26.0 Å². The summed E-state index contributed by atoms with van der Waals surface area (Å²) in [6.07, 6.45) is 1.85. The summed E-state index contributed by atoms with van der Waals surface area (Å²) in [6, 6.07) is 0. The van der Waals surface area contributed by atoms with Crippen molar-refractivity contribution in [3.63, 3.8) is 0 Å². The van der Waals surface area contributed by atoms with E-state index in [2.05, 4.69) is 9.44 Å². The van der Waals surface area contributed by atoms with Crippen molar-refractivity contribution in [3.8, 4) is 0 Å². The lowest BCUT2D eigenvalue weighted by atomic mass is 10.1. The van der Waals surface area contributed by atoms with Crippen molar-refractivity contribution in [2.24, 2.45) is 0 Å². The van der Waals surface area contributed by atoms with Crippen LogP contribution in [0.5, 0.6) is 0 Å². The number of rotatable bonds is 9. The zero-order valence-corrected chi connectivity index (χ0v) is 11.4. The van der Waals surface area contributed by atoms with Crippen LogP contribution in [0.4, 0.5) is 0 Å². The molecule has 0 heterocycles. The monoisotopic (exact) mass is 272 g/mol. The molecule has 0 rings (SSSR count). The van der Waals surface area contributed by atoms with Gasteiger partial charge in [-0.25, -0.2) is 0 Å². The van der Waals surface area contributed by atoms with E-state index in [1.54, 1.807) is 6.92 Å². The second kappa shape index (κ2) is 7.46. The molecule has 6 nitrogen and oxygen atoms in total. The maximum absolute atomic E-state index is 11.4. The van der Waals surface area contributed by atoms with Gasteiger partial charge in [0.2, 0.25) is 0 Å². The molecule has 0 aromatic rings. The van der Waals surface area contributed by atoms with Crippen LogP contribution < -0.4 is 9.44 Å². The van der Waals surface area contributed by atoms with Crippen LogP contribution in [0, 0.1) is 0 Å². The number of ether oxygens (including phenoxy) is 1. The zero-order valence-electron chi connectivity index (χ0n) is 9.82. The predicted octanol–water partition coefficient (Wildman–Crippen LogP) is -0.829. The van der Waals surface area contributed by atoms with Crippen LogP contribution in [0.1, 0.15) is 6.92 Å². The van der Waals surface area contributed by atoms with Crippen molar-refractivity contribution in [1.82, 2.24) is 9.44 Å². The van der Waals surface area contributed by atoms with Gasteiger partial charge in [0.15, 0.2) is 0 Å². The normalized spacial score (nSPS) is 16.0. The molecule has 0 spiro atoms. The molecule has 0 aromatic heterocycles. The lowest BCUT2D eigenvalue weighted by Gasteiger charge is -2.22. The lowest BCUT2D eigenvalue weighted by molar-refractivity contribution is 0.0907. The predicted molar refractivity (Wildman–Crippen MR) is 65.8 cm³/mol. The van der Waals surface area contributed by atoms with Gasteiger partial charge in [-0.2, -0.15) is 29.6 Å². The Bertz CT molecular complexity index is 280. The van der Waals surface area contributed by atoms with Gasteiger partial charge in [0.25, 0.3) is 10.2 Å². The van der Waals surface area contributed by atoms with Gasteiger partial charge in [-0.3, -0.25) is 0 Å². The number of aliphatic hydroxyl groups is 1. The second-order valence-electron chi connectivity index (χ2n) is 3.64. The summed E-state index contributed by atoms with van der Waals surface area (Å²) in [6.45, 7) is 2.08. The molecule has 16 heavy (non-hydrogen) atoms. The van der Waals surface area contributed by atoms with E-state index >= 15 is 0 Å². The van der Waals surface area contributed by atoms with E-state index in [0.717, 1.165) is 0 Å². The van der Waals surface area contributed by atoms with Gasteiger partial charge in [-0.15, -0.1) is 0 Å². The van der Waals surface area contributed by atoms with E-state index in [9.17, 15) is 13.5 Å². The van der Waals surface area contributed by atoms with E-state index in [-0.39, 0.29) is 13.1 Å². The lowest BCUT2D eigenvalue weighted by Crippen LogP contribution is -2.47. The number of hydrogen-bond donors (Lipinski definition) is 3. The molecule has 8 heteroatoms. The van der Waals surface area contributed by atoms with Crippen LogP contribution in [0.25, 0.3) is 0 Å². The number of hydrogen-bond acceptors (Lipinski definition) is 5. The highest BCUT2D eigenvalue weighted by atomic mass is 32.2. The number of nitrogens with one attached hydrogen (secondary N) is 2. The first-order chi connectivity index (χ1) is 7.33. The Hall–Kier alpha value is 0.140. The quantitative estimate of drug-likeness (QED) is 0.477. The maximum atomic E-state index is 11.4. The third kappa shape index (κ3) is 8.31. The number of methoxy groups -OCH3 is 1.